The Balaban J connectivity index is 2.14. The van der Waals surface area contributed by atoms with E-state index in [1.165, 1.54) is 11.3 Å². The molecular formula is C14H17ClN2O2S2. The normalized spacial score (nSPS) is 11.6. The Morgan fingerprint density at radius 2 is 1.95 bits per heavy atom. The summed E-state index contributed by atoms with van der Waals surface area (Å²) in [6, 6.07) is 7.61. The van der Waals surface area contributed by atoms with Crippen LogP contribution in [0.5, 0.6) is 0 Å². The van der Waals surface area contributed by atoms with Crippen LogP contribution >= 0.6 is 22.9 Å². The molecule has 2 rings (SSSR count). The fourth-order valence-corrected chi connectivity index (χ4v) is 4.35. The average molecular weight is 345 g/mol. The van der Waals surface area contributed by atoms with Gasteiger partial charge in [0.1, 0.15) is 0 Å². The van der Waals surface area contributed by atoms with E-state index in [-0.39, 0.29) is 5.75 Å². The topological polar surface area (TPSA) is 59.1 Å². The number of anilines is 1. The standard InChI is InChI=1S/C14H17ClN2O2S2/c1-3-8-21(18,19)17-14-16-10(2)13(20-14)9-11-4-6-12(15)7-5-11/h4-7H,3,8-9H2,1-2H3,(H,16,17). The first-order chi connectivity index (χ1) is 9.89. The Bertz CT molecular complexity index is 709. The number of halogens is 1. The second-order valence-corrected chi connectivity index (χ2v) is 8.11. The first kappa shape index (κ1) is 16.3. The summed E-state index contributed by atoms with van der Waals surface area (Å²) in [6.45, 7) is 3.72. The molecule has 0 saturated carbocycles. The van der Waals surface area contributed by atoms with Gasteiger partial charge in [-0.2, -0.15) is 0 Å². The van der Waals surface area contributed by atoms with Crippen LogP contribution in [-0.2, 0) is 16.4 Å². The molecule has 0 aliphatic heterocycles. The van der Waals surface area contributed by atoms with Crippen molar-refractivity contribution in [2.75, 3.05) is 10.5 Å². The van der Waals surface area contributed by atoms with Crippen LogP contribution in [0.25, 0.3) is 0 Å². The van der Waals surface area contributed by atoms with Crippen LogP contribution in [0.15, 0.2) is 24.3 Å². The minimum absolute atomic E-state index is 0.109. The lowest BCUT2D eigenvalue weighted by atomic mass is 10.1. The van der Waals surface area contributed by atoms with Gasteiger partial charge in [0.25, 0.3) is 0 Å². The van der Waals surface area contributed by atoms with Crippen molar-refractivity contribution in [3.05, 3.63) is 45.4 Å². The molecule has 0 saturated heterocycles. The van der Waals surface area contributed by atoms with E-state index in [0.717, 1.165) is 22.6 Å². The first-order valence-corrected chi connectivity index (χ1v) is 9.45. The lowest BCUT2D eigenvalue weighted by Gasteiger charge is -2.02. The summed E-state index contributed by atoms with van der Waals surface area (Å²) in [4.78, 5) is 5.34. The number of hydrogen-bond donors (Lipinski definition) is 1. The van der Waals surface area contributed by atoms with Gasteiger partial charge in [-0.05, 0) is 31.0 Å². The Labute approximate surface area is 134 Å². The van der Waals surface area contributed by atoms with Gasteiger partial charge in [-0.1, -0.05) is 30.7 Å². The maximum atomic E-state index is 11.8. The first-order valence-electron chi connectivity index (χ1n) is 6.61. The molecule has 0 aliphatic carbocycles. The Morgan fingerprint density at radius 1 is 1.29 bits per heavy atom. The maximum absolute atomic E-state index is 11.8. The largest absolute Gasteiger partial charge is 0.259 e. The van der Waals surface area contributed by atoms with E-state index in [1.807, 2.05) is 38.1 Å². The maximum Gasteiger partial charge on any atom is 0.234 e. The number of rotatable bonds is 6. The molecular weight excluding hydrogens is 328 g/mol. The van der Waals surface area contributed by atoms with Gasteiger partial charge >= 0.3 is 0 Å². The molecule has 0 spiro atoms. The molecule has 2 aromatic rings. The lowest BCUT2D eigenvalue weighted by Crippen LogP contribution is -2.15. The molecule has 0 amide bonds. The van der Waals surface area contributed by atoms with Crippen LogP contribution in [0.4, 0.5) is 5.13 Å². The number of sulfonamides is 1. The van der Waals surface area contributed by atoms with Crippen molar-refractivity contribution < 1.29 is 8.42 Å². The van der Waals surface area contributed by atoms with Crippen molar-refractivity contribution in [1.82, 2.24) is 4.98 Å². The zero-order chi connectivity index (χ0) is 15.5. The zero-order valence-corrected chi connectivity index (χ0v) is 14.3. The molecule has 114 valence electrons. The Morgan fingerprint density at radius 3 is 2.57 bits per heavy atom. The van der Waals surface area contributed by atoms with Crippen molar-refractivity contribution in [2.45, 2.75) is 26.7 Å². The van der Waals surface area contributed by atoms with Gasteiger partial charge in [-0.3, -0.25) is 4.72 Å². The van der Waals surface area contributed by atoms with Gasteiger partial charge in [-0.15, -0.1) is 11.3 Å². The molecule has 0 unspecified atom stereocenters. The molecule has 0 aliphatic rings. The van der Waals surface area contributed by atoms with Gasteiger partial charge < -0.3 is 0 Å². The fourth-order valence-electron chi connectivity index (χ4n) is 1.88. The van der Waals surface area contributed by atoms with E-state index in [2.05, 4.69) is 9.71 Å². The zero-order valence-electron chi connectivity index (χ0n) is 11.9. The molecule has 1 aromatic carbocycles. The SMILES string of the molecule is CCCS(=O)(=O)Nc1nc(C)c(Cc2ccc(Cl)cc2)s1. The molecule has 0 bridgehead atoms. The highest BCUT2D eigenvalue weighted by molar-refractivity contribution is 7.92. The number of aryl methyl sites for hydroxylation is 1. The summed E-state index contributed by atoms with van der Waals surface area (Å²) in [5.41, 5.74) is 1.97. The second-order valence-electron chi connectivity index (χ2n) is 4.75. The molecule has 1 heterocycles. The highest BCUT2D eigenvalue weighted by Crippen LogP contribution is 2.26. The Kier molecular flexibility index (Phi) is 5.24. The van der Waals surface area contributed by atoms with Crippen LogP contribution in [-0.4, -0.2) is 19.2 Å². The average Bonchev–Trinajstić information content (AvgIpc) is 2.71. The summed E-state index contributed by atoms with van der Waals surface area (Å²) in [7, 11) is -3.29. The predicted octanol–water partition coefficient (Wildman–Crippen LogP) is 3.85. The quantitative estimate of drug-likeness (QED) is 0.865. The number of thiazole rings is 1. The third-order valence-corrected chi connectivity index (χ3v) is 5.79. The van der Waals surface area contributed by atoms with E-state index in [1.54, 1.807) is 0 Å². The summed E-state index contributed by atoms with van der Waals surface area (Å²) < 4.78 is 26.0. The summed E-state index contributed by atoms with van der Waals surface area (Å²) in [5.74, 6) is 0.109. The summed E-state index contributed by atoms with van der Waals surface area (Å²) in [6.07, 6.45) is 1.30. The van der Waals surface area contributed by atoms with Crippen LogP contribution in [0.2, 0.25) is 5.02 Å². The lowest BCUT2D eigenvalue weighted by molar-refractivity contribution is 0.600. The van der Waals surface area contributed by atoms with Crippen LogP contribution in [0, 0.1) is 6.92 Å². The Hall–Kier alpha value is -1.11. The molecule has 7 heteroatoms. The number of benzene rings is 1. The van der Waals surface area contributed by atoms with Crippen molar-refractivity contribution >= 4 is 38.1 Å². The van der Waals surface area contributed by atoms with Gasteiger partial charge in [0.15, 0.2) is 5.13 Å². The second kappa shape index (κ2) is 6.77. The van der Waals surface area contributed by atoms with Gasteiger partial charge in [-0.25, -0.2) is 13.4 Å². The van der Waals surface area contributed by atoms with Crippen molar-refractivity contribution in [3.63, 3.8) is 0 Å². The minimum Gasteiger partial charge on any atom is -0.259 e. The molecule has 21 heavy (non-hydrogen) atoms. The van der Waals surface area contributed by atoms with Crippen LogP contribution in [0.3, 0.4) is 0 Å². The minimum atomic E-state index is -3.29. The van der Waals surface area contributed by atoms with Crippen molar-refractivity contribution in [3.8, 4) is 0 Å². The van der Waals surface area contributed by atoms with E-state index in [4.69, 9.17) is 11.6 Å². The number of nitrogens with zero attached hydrogens (tertiary/aromatic N) is 1. The van der Waals surface area contributed by atoms with Gasteiger partial charge in [0.2, 0.25) is 10.0 Å². The number of hydrogen-bond acceptors (Lipinski definition) is 4. The van der Waals surface area contributed by atoms with E-state index >= 15 is 0 Å². The molecule has 1 N–H and O–H groups in total. The number of aromatic nitrogens is 1. The summed E-state index contributed by atoms with van der Waals surface area (Å²) in [5, 5.41) is 1.14. The van der Waals surface area contributed by atoms with Crippen LogP contribution < -0.4 is 4.72 Å². The van der Waals surface area contributed by atoms with Crippen LogP contribution in [0.1, 0.15) is 29.5 Å². The highest BCUT2D eigenvalue weighted by atomic mass is 35.5. The molecule has 0 fully saturated rings. The van der Waals surface area contributed by atoms with E-state index in [9.17, 15) is 8.42 Å². The summed E-state index contributed by atoms with van der Waals surface area (Å²) >= 11 is 7.24. The van der Waals surface area contributed by atoms with Gasteiger partial charge in [0.05, 0.1) is 11.4 Å². The monoisotopic (exact) mass is 344 g/mol. The van der Waals surface area contributed by atoms with Gasteiger partial charge in [0, 0.05) is 16.3 Å². The highest BCUT2D eigenvalue weighted by Gasteiger charge is 2.14. The smallest absolute Gasteiger partial charge is 0.234 e. The molecule has 4 nitrogen and oxygen atoms in total. The fraction of sp³-hybridized carbons (Fsp3) is 0.357. The predicted molar refractivity (Wildman–Crippen MR) is 88.8 cm³/mol. The molecule has 1 aromatic heterocycles. The van der Waals surface area contributed by atoms with E-state index < -0.39 is 10.0 Å². The van der Waals surface area contributed by atoms with E-state index in [0.29, 0.717) is 16.6 Å². The third kappa shape index (κ3) is 4.69. The van der Waals surface area contributed by atoms with Crippen molar-refractivity contribution in [2.24, 2.45) is 0 Å². The number of nitrogens with one attached hydrogen (secondary N) is 1. The van der Waals surface area contributed by atoms with Crippen molar-refractivity contribution in [1.29, 1.82) is 0 Å². The molecule has 0 atom stereocenters. The third-order valence-electron chi connectivity index (χ3n) is 2.89. The molecule has 0 radical (unpaired) electrons.